The Morgan fingerprint density at radius 1 is 1.00 bits per heavy atom. The van der Waals surface area contributed by atoms with Gasteiger partial charge in [-0.2, -0.15) is 0 Å². The van der Waals surface area contributed by atoms with Gasteiger partial charge in [-0.1, -0.05) is 30.9 Å². The number of likely N-dealkylation sites (tertiary alicyclic amines) is 1. The molecule has 0 bridgehead atoms. The van der Waals surface area contributed by atoms with E-state index < -0.39 is 0 Å². The zero-order chi connectivity index (χ0) is 20.8. The number of aromatic nitrogens is 3. The average Bonchev–Trinajstić information content (AvgIpc) is 3.48. The molecule has 3 heterocycles. The van der Waals surface area contributed by atoms with Crippen LogP contribution < -0.4 is 0 Å². The number of ether oxygens (including phenoxy) is 1. The lowest BCUT2D eigenvalue weighted by Gasteiger charge is -2.36. The predicted molar refractivity (Wildman–Crippen MR) is 112 cm³/mol. The van der Waals surface area contributed by atoms with Crippen molar-refractivity contribution in [3.8, 4) is 0 Å². The first-order valence-corrected chi connectivity index (χ1v) is 11.8. The van der Waals surface area contributed by atoms with Crippen LogP contribution in [-0.2, 0) is 16.1 Å². The van der Waals surface area contributed by atoms with Crippen molar-refractivity contribution in [1.29, 1.82) is 0 Å². The van der Waals surface area contributed by atoms with Crippen molar-refractivity contribution in [2.45, 2.75) is 76.8 Å². The summed E-state index contributed by atoms with van der Waals surface area (Å²) in [5.74, 6) is 1.01. The molecule has 8 nitrogen and oxygen atoms in total. The highest BCUT2D eigenvalue weighted by Gasteiger charge is 2.28. The second kappa shape index (κ2) is 10.4. The van der Waals surface area contributed by atoms with Crippen molar-refractivity contribution in [1.82, 2.24) is 24.8 Å². The third kappa shape index (κ3) is 5.39. The van der Waals surface area contributed by atoms with Crippen molar-refractivity contribution >= 4 is 11.8 Å². The van der Waals surface area contributed by atoms with Crippen LogP contribution >= 0.6 is 0 Å². The molecule has 4 rings (SSSR count). The van der Waals surface area contributed by atoms with Gasteiger partial charge >= 0.3 is 0 Å². The number of carbonyl (C=O) groups excluding carboxylic acids is 2. The maximum atomic E-state index is 12.9. The smallest absolute Gasteiger partial charge is 0.276 e. The van der Waals surface area contributed by atoms with Crippen molar-refractivity contribution in [3.05, 3.63) is 11.9 Å². The molecule has 1 aromatic rings. The summed E-state index contributed by atoms with van der Waals surface area (Å²) in [7, 11) is 0. The molecule has 1 saturated carbocycles. The van der Waals surface area contributed by atoms with Crippen molar-refractivity contribution < 1.29 is 14.3 Å². The maximum absolute atomic E-state index is 12.9. The molecule has 30 heavy (non-hydrogen) atoms. The lowest BCUT2D eigenvalue weighted by molar-refractivity contribution is -0.135. The lowest BCUT2D eigenvalue weighted by Crippen LogP contribution is -2.44. The largest absolute Gasteiger partial charge is 0.378 e. The second-order valence-electron chi connectivity index (χ2n) is 8.99. The number of amides is 2. The molecule has 0 aromatic carbocycles. The van der Waals surface area contributed by atoms with E-state index in [-0.39, 0.29) is 11.9 Å². The van der Waals surface area contributed by atoms with Gasteiger partial charge in [-0.05, 0) is 38.0 Å². The molecule has 3 aliphatic rings. The van der Waals surface area contributed by atoms with Gasteiger partial charge in [0.15, 0.2) is 5.69 Å². The van der Waals surface area contributed by atoms with Crippen LogP contribution in [0, 0.1) is 5.92 Å². The molecule has 1 unspecified atom stereocenters. The fourth-order valence-electron chi connectivity index (χ4n) is 5.11. The van der Waals surface area contributed by atoms with Crippen molar-refractivity contribution in [2.24, 2.45) is 5.92 Å². The number of hydrogen-bond donors (Lipinski definition) is 0. The monoisotopic (exact) mass is 417 g/mol. The minimum Gasteiger partial charge on any atom is -0.378 e. The summed E-state index contributed by atoms with van der Waals surface area (Å²) < 4.78 is 7.06. The summed E-state index contributed by atoms with van der Waals surface area (Å²) in [5, 5.41) is 8.24. The topological polar surface area (TPSA) is 80.6 Å². The second-order valence-corrected chi connectivity index (χ2v) is 8.99. The van der Waals surface area contributed by atoms with E-state index in [4.69, 9.17) is 4.74 Å². The summed E-state index contributed by atoms with van der Waals surface area (Å²) in [6.07, 6.45) is 13.0. The first-order chi connectivity index (χ1) is 14.7. The highest BCUT2D eigenvalue weighted by Crippen LogP contribution is 2.29. The first kappa shape index (κ1) is 21.3. The Bertz CT molecular complexity index is 709. The molecule has 0 radical (unpaired) electrons. The Morgan fingerprint density at radius 2 is 1.77 bits per heavy atom. The van der Waals surface area contributed by atoms with Gasteiger partial charge in [-0.3, -0.25) is 14.3 Å². The molecule has 2 aliphatic heterocycles. The van der Waals surface area contributed by atoms with Gasteiger partial charge in [0.25, 0.3) is 5.91 Å². The average molecular weight is 418 g/mol. The van der Waals surface area contributed by atoms with Crippen LogP contribution in [0.1, 0.15) is 74.7 Å². The van der Waals surface area contributed by atoms with Crippen molar-refractivity contribution in [3.63, 3.8) is 0 Å². The summed E-state index contributed by atoms with van der Waals surface area (Å²) >= 11 is 0. The third-order valence-electron chi connectivity index (χ3n) is 6.94. The Labute approximate surface area is 178 Å². The normalized spacial score (nSPS) is 23.1. The molecular weight excluding hydrogens is 382 g/mol. The van der Waals surface area contributed by atoms with Gasteiger partial charge in [-0.15, -0.1) is 5.10 Å². The zero-order valence-corrected chi connectivity index (χ0v) is 18.0. The van der Waals surface area contributed by atoms with E-state index in [9.17, 15) is 9.59 Å². The summed E-state index contributed by atoms with van der Waals surface area (Å²) in [5.41, 5.74) is 0.394. The highest BCUT2D eigenvalue weighted by atomic mass is 16.5. The molecule has 2 amide bonds. The Hall–Kier alpha value is -1.96. The van der Waals surface area contributed by atoms with Crippen LogP contribution in [0.25, 0.3) is 0 Å². The van der Waals surface area contributed by atoms with Crippen LogP contribution in [-0.4, -0.2) is 75.5 Å². The third-order valence-corrected chi connectivity index (χ3v) is 6.94. The van der Waals surface area contributed by atoms with Crippen LogP contribution in [0.3, 0.4) is 0 Å². The molecule has 0 spiro atoms. The zero-order valence-electron chi connectivity index (χ0n) is 18.0. The fourth-order valence-corrected chi connectivity index (χ4v) is 5.11. The van der Waals surface area contributed by atoms with E-state index in [2.05, 4.69) is 15.2 Å². The van der Waals surface area contributed by atoms with Crippen LogP contribution in [0.2, 0.25) is 0 Å². The SMILES string of the molecule is O=C(c1cn(CCC2CCCCN2C(=O)CCC2CCCC2)nn1)N1CCOCC1. The molecule has 1 atom stereocenters. The molecule has 2 saturated heterocycles. The van der Waals surface area contributed by atoms with E-state index in [1.165, 1.54) is 32.1 Å². The Kier molecular flexibility index (Phi) is 7.36. The number of nitrogens with zero attached hydrogens (tertiary/aromatic N) is 5. The highest BCUT2D eigenvalue weighted by molar-refractivity contribution is 5.92. The fraction of sp³-hybridized carbons (Fsp3) is 0.818. The number of rotatable bonds is 7. The minimum atomic E-state index is -0.0778. The van der Waals surface area contributed by atoms with Crippen LogP contribution in [0.15, 0.2) is 6.20 Å². The standard InChI is InChI=1S/C22H35N5O3/c28-21(9-8-18-5-1-2-6-18)27-11-4-3-7-19(27)10-12-26-17-20(23-24-26)22(29)25-13-15-30-16-14-25/h17-19H,1-16H2. The maximum Gasteiger partial charge on any atom is 0.276 e. The number of piperidine rings is 1. The van der Waals surface area contributed by atoms with E-state index in [0.717, 1.165) is 38.1 Å². The summed E-state index contributed by atoms with van der Waals surface area (Å²) in [6.45, 7) is 3.92. The number of carbonyl (C=O) groups is 2. The van der Waals surface area contributed by atoms with Crippen molar-refractivity contribution in [2.75, 3.05) is 32.8 Å². The Morgan fingerprint density at radius 3 is 2.57 bits per heavy atom. The molecular formula is C22H35N5O3. The van der Waals surface area contributed by atoms with Crippen LogP contribution in [0.4, 0.5) is 0 Å². The van der Waals surface area contributed by atoms with Gasteiger partial charge in [0.05, 0.1) is 19.4 Å². The van der Waals surface area contributed by atoms with E-state index >= 15 is 0 Å². The quantitative estimate of drug-likeness (QED) is 0.681. The summed E-state index contributed by atoms with van der Waals surface area (Å²) in [6, 6.07) is 0.275. The predicted octanol–water partition coefficient (Wildman–Crippen LogP) is 2.49. The Balaban J connectivity index is 1.27. The van der Waals surface area contributed by atoms with E-state index in [0.29, 0.717) is 50.9 Å². The molecule has 166 valence electrons. The van der Waals surface area contributed by atoms with Gasteiger partial charge < -0.3 is 14.5 Å². The molecule has 3 fully saturated rings. The molecule has 0 N–H and O–H groups in total. The lowest BCUT2D eigenvalue weighted by atomic mass is 9.97. The van der Waals surface area contributed by atoms with E-state index in [1.807, 2.05) is 0 Å². The van der Waals surface area contributed by atoms with Gasteiger partial charge in [0, 0.05) is 38.6 Å². The summed E-state index contributed by atoms with van der Waals surface area (Å²) in [4.78, 5) is 29.3. The first-order valence-electron chi connectivity index (χ1n) is 11.8. The number of hydrogen-bond acceptors (Lipinski definition) is 5. The number of morpholine rings is 1. The van der Waals surface area contributed by atoms with E-state index in [1.54, 1.807) is 15.8 Å². The number of aryl methyl sites for hydroxylation is 1. The van der Waals surface area contributed by atoms with Gasteiger partial charge in [0.1, 0.15) is 0 Å². The molecule has 1 aromatic heterocycles. The molecule has 8 heteroatoms. The van der Waals surface area contributed by atoms with Gasteiger partial charge in [-0.25, -0.2) is 0 Å². The minimum absolute atomic E-state index is 0.0778. The molecule has 1 aliphatic carbocycles. The van der Waals surface area contributed by atoms with Crippen LogP contribution in [0.5, 0.6) is 0 Å². The van der Waals surface area contributed by atoms with Gasteiger partial charge in [0.2, 0.25) is 5.91 Å².